The highest BCUT2D eigenvalue weighted by Gasteiger charge is 2.17. The molecule has 20 heavy (non-hydrogen) atoms. The average Bonchev–Trinajstić information content (AvgIpc) is 2.39. The fraction of sp³-hybridized carbons (Fsp3) is 0.143. The van der Waals surface area contributed by atoms with Crippen LogP contribution in [0.2, 0.25) is 0 Å². The smallest absolute Gasteiger partial charge is 0.206 e. The molecule has 6 heteroatoms. The van der Waals surface area contributed by atoms with Crippen LogP contribution in [0.1, 0.15) is 6.92 Å². The van der Waals surface area contributed by atoms with Crippen molar-refractivity contribution in [3.8, 4) is 0 Å². The van der Waals surface area contributed by atoms with Crippen LogP contribution in [-0.2, 0) is 9.84 Å². The largest absolute Gasteiger partial charge is 0.399 e. The molecule has 0 radical (unpaired) electrons. The number of hydrogen-bond acceptors (Lipinski definition) is 5. The van der Waals surface area contributed by atoms with Gasteiger partial charge in [-0.2, -0.15) is 0 Å². The normalized spacial score (nSPS) is 12.9. The molecule has 0 saturated carbocycles. The predicted molar refractivity (Wildman–Crippen MR) is 78.1 cm³/mol. The van der Waals surface area contributed by atoms with Gasteiger partial charge in [0, 0.05) is 11.4 Å². The molecular weight excluding hydrogens is 276 g/mol. The summed E-state index contributed by atoms with van der Waals surface area (Å²) < 4.78 is 24.7. The molecule has 0 aliphatic carbocycles. The lowest BCUT2D eigenvalue weighted by Gasteiger charge is -2.10. The minimum Gasteiger partial charge on any atom is -0.399 e. The number of nitrogens with one attached hydrogen (secondary N) is 1. The van der Waals surface area contributed by atoms with Crippen molar-refractivity contribution in [1.29, 1.82) is 0 Å². The fourth-order valence-corrected chi connectivity index (χ4v) is 3.02. The lowest BCUT2D eigenvalue weighted by Crippen LogP contribution is -2.13. The highest BCUT2D eigenvalue weighted by molar-refractivity contribution is 7.91. The van der Waals surface area contributed by atoms with E-state index in [0.29, 0.717) is 11.4 Å². The number of nitrogens with two attached hydrogens (primary N) is 1. The zero-order chi connectivity index (χ0) is 14.8. The van der Waals surface area contributed by atoms with Gasteiger partial charge in [-0.15, -0.1) is 0 Å². The molecule has 2 aromatic rings. The van der Waals surface area contributed by atoms with Crippen LogP contribution < -0.4 is 11.1 Å². The first-order valence-electron chi connectivity index (χ1n) is 6.05. The van der Waals surface area contributed by atoms with E-state index in [1.807, 2.05) is 0 Å². The molecule has 0 aliphatic rings. The zero-order valence-electron chi connectivity index (χ0n) is 10.9. The van der Waals surface area contributed by atoms with Gasteiger partial charge in [0.25, 0.3) is 0 Å². The van der Waals surface area contributed by atoms with Gasteiger partial charge in [-0.05, 0) is 55.5 Å². The van der Waals surface area contributed by atoms with Crippen LogP contribution in [0, 0.1) is 0 Å². The van der Waals surface area contributed by atoms with Gasteiger partial charge >= 0.3 is 0 Å². The van der Waals surface area contributed by atoms with Crippen molar-refractivity contribution in [1.82, 2.24) is 0 Å². The molecule has 1 atom stereocenters. The Hall–Kier alpha value is -2.05. The van der Waals surface area contributed by atoms with Gasteiger partial charge < -0.3 is 16.2 Å². The summed E-state index contributed by atoms with van der Waals surface area (Å²) in [6.07, 6.45) is -0.699. The Morgan fingerprint density at radius 1 is 1.00 bits per heavy atom. The first-order valence-corrected chi connectivity index (χ1v) is 7.53. The number of hydrogen-bond donors (Lipinski definition) is 3. The number of rotatable bonds is 4. The summed E-state index contributed by atoms with van der Waals surface area (Å²) in [7, 11) is -3.55. The van der Waals surface area contributed by atoms with Crippen molar-refractivity contribution >= 4 is 21.2 Å². The van der Waals surface area contributed by atoms with E-state index in [4.69, 9.17) is 5.73 Å². The third-order valence-corrected chi connectivity index (χ3v) is 4.52. The standard InChI is InChI=1S/C14H16N2O3S/c1-10(17)16-12-4-8-14(9-5-12)20(18,19)13-6-2-11(15)3-7-13/h2-10,16-17H,15H2,1H3. The van der Waals surface area contributed by atoms with Crippen LogP contribution in [0.3, 0.4) is 0 Å². The molecule has 2 rings (SSSR count). The van der Waals surface area contributed by atoms with Gasteiger partial charge in [-0.1, -0.05) is 0 Å². The fourth-order valence-electron chi connectivity index (χ4n) is 1.75. The molecule has 0 spiro atoms. The van der Waals surface area contributed by atoms with Crippen LogP contribution >= 0.6 is 0 Å². The Balaban J connectivity index is 2.32. The Bertz CT molecular complexity index is 677. The van der Waals surface area contributed by atoms with Crippen molar-refractivity contribution in [2.24, 2.45) is 0 Å². The van der Waals surface area contributed by atoms with E-state index in [1.54, 1.807) is 31.2 Å². The summed E-state index contributed by atoms with van der Waals surface area (Å²) in [4.78, 5) is 0.390. The second-order valence-corrected chi connectivity index (χ2v) is 6.37. The van der Waals surface area contributed by atoms with E-state index in [0.717, 1.165) is 0 Å². The van der Waals surface area contributed by atoms with Crippen molar-refractivity contribution in [2.75, 3.05) is 11.1 Å². The molecule has 0 bridgehead atoms. The van der Waals surface area contributed by atoms with Crippen LogP contribution in [0.15, 0.2) is 58.3 Å². The van der Waals surface area contributed by atoms with Crippen LogP contribution in [0.25, 0.3) is 0 Å². The highest BCUT2D eigenvalue weighted by Crippen LogP contribution is 2.23. The highest BCUT2D eigenvalue weighted by atomic mass is 32.2. The summed E-state index contributed by atoms with van der Waals surface area (Å²) in [5, 5.41) is 12.0. The van der Waals surface area contributed by atoms with Crippen LogP contribution in [-0.4, -0.2) is 19.8 Å². The topological polar surface area (TPSA) is 92.4 Å². The first kappa shape index (κ1) is 14.4. The maximum atomic E-state index is 12.4. The monoisotopic (exact) mass is 292 g/mol. The molecule has 0 saturated heterocycles. The predicted octanol–water partition coefficient (Wildman–Crippen LogP) is 1.85. The van der Waals surface area contributed by atoms with E-state index in [1.165, 1.54) is 24.3 Å². The summed E-state index contributed by atoms with van der Waals surface area (Å²) >= 11 is 0. The quantitative estimate of drug-likeness (QED) is 0.591. The summed E-state index contributed by atoms with van der Waals surface area (Å²) in [5.41, 5.74) is 6.71. The maximum Gasteiger partial charge on any atom is 0.206 e. The molecule has 106 valence electrons. The molecule has 4 N–H and O–H groups in total. The summed E-state index contributed by atoms with van der Waals surface area (Å²) in [6, 6.07) is 12.3. The summed E-state index contributed by atoms with van der Waals surface area (Å²) in [6.45, 7) is 1.58. The molecule has 1 unspecified atom stereocenters. The number of aliphatic hydroxyl groups excluding tert-OH is 1. The number of sulfone groups is 1. The molecule has 0 aromatic heterocycles. The number of anilines is 2. The zero-order valence-corrected chi connectivity index (χ0v) is 11.8. The minimum atomic E-state index is -3.55. The number of benzene rings is 2. The SMILES string of the molecule is CC(O)Nc1ccc(S(=O)(=O)c2ccc(N)cc2)cc1. The Kier molecular flexibility index (Phi) is 3.96. The van der Waals surface area contributed by atoms with Crippen LogP contribution in [0.4, 0.5) is 11.4 Å². The van der Waals surface area contributed by atoms with Gasteiger partial charge in [-0.25, -0.2) is 8.42 Å². The average molecular weight is 292 g/mol. The third kappa shape index (κ3) is 3.09. The lowest BCUT2D eigenvalue weighted by atomic mass is 10.3. The molecular formula is C14H16N2O3S. The van der Waals surface area contributed by atoms with E-state index in [9.17, 15) is 13.5 Å². The van der Waals surface area contributed by atoms with E-state index in [2.05, 4.69) is 5.32 Å². The maximum absolute atomic E-state index is 12.4. The Labute approximate surface area is 118 Å². The lowest BCUT2D eigenvalue weighted by molar-refractivity contribution is 0.224. The molecule has 0 heterocycles. The minimum absolute atomic E-state index is 0.193. The van der Waals surface area contributed by atoms with E-state index < -0.39 is 16.1 Å². The van der Waals surface area contributed by atoms with E-state index >= 15 is 0 Å². The van der Waals surface area contributed by atoms with Crippen molar-refractivity contribution in [3.05, 3.63) is 48.5 Å². The molecule has 5 nitrogen and oxygen atoms in total. The van der Waals surface area contributed by atoms with Gasteiger partial charge in [0.1, 0.15) is 6.23 Å². The van der Waals surface area contributed by atoms with Gasteiger partial charge in [-0.3, -0.25) is 0 Å². The van der Waals surface area contributed by atoms with Crippen molar-refractivity contribution < 1.29 is 13.5 Å². The molecule has 2 aromatic carbocycles. The summed E-state index contributed by atoms with van der Waals surface area (Å²) in [5.74, 6) is 0. The van der Waals surface area contributed by atoms with Crippen molar-refractivity contribution in [3.63, 3.8) is 0 Å². The number of nitrogen functional groups attached to an aromatic ring is 1. The number of aliphatic hydroxyl groups is 1. The third-order valence-electron chi connectivity index (χ3n) is 2.73. The Morgan fingerprint density at radius 2 is 1.45 bits per heavy atom. The molecule has 0 aliphatic heterocycles. The van der Waals surface area contributed by atoms with Gasteiger partial charge in [0.2, 0.25) is 9.84 Å². The van der Waals surface area contributed by atoms with Crippen molar-refractivity contribution in [2.45, 2.75) is 22.9 Å². The van der Waals surface area contributed by atoms with Gasteiger partial charge in [0.15, 0.2) is 0 Å². The molecule has 0 amide bonds. The first-order chi connectivity index (χ1) is 9.39. The molecule has 0 fully saturated rings. The second-order valence-electron chi connectivity index (χ2n) is 4.42. The van der Waals surface area contributed by atoms with E-state index in [-0.39, 0.29) is 9.79 Å². The second kappa shape index (κ2) is 5.52. The van der Waals surface area contributed by atoms with Gasteiger partial charge in [0.05, 0.1) is 9.79 Å². The van der Waals surface area contributed by atoms with Crippen LogP contribution in [0.5, 0.6) is 0 Å². The Morgan fingerprint density at radius 3 is 1.90 bits per heavy atom.